The van der Waals surface area contributed by atoms with Crippen molar-refractivity contribution in [2.45, 2.75) is 45.1 Å². The number of nitrogens with zero attached hydrogens (tertiary/aromatic N) is 1. The van der Waals surface area contributed by atoms with Gasteiger partial charge in [-0.25, -0.2) is 4.98 Å². The van der Waals surface area contributed by atoms with E-state index in [1.54, 1.807) is 6.07 Å². The van der Waals surface area contributed by atoms with Crippen LogP contribution in [0.5, 0.6) is 0 Å². The minimum atomic E-state index is -0.613. The van der Waals surface area contributed by atoms with E-state index in [0.29, 0.717) is 11.5 Å². The van der Waals surface area contributed by atoms with Gasteiger partial charge in [-0.15, -0.1) is 0 Å². The number of carbonyl (C=O) groups is 1. The predicted octanol–water partition coefficient (Wildman–Crippen LogP) is 2.92. The molecule has 1 fully saturated rings. The molecule has 0 saturated heterocycles. The number of pyridine rings is 1. The van der Waals surface area contributed by atoms with E-state index in [9.17, 15) is 9.18 Å². The van der Waals surface area contributed by atoms with E-state index < -0.39 is 5.95 Å². The van der Waals surface area contributed by atoms with Crippen molar-refractivity contribution >= 4 is 5.91 Å². The molecule has 1 heterocycles. The van der Waals surface area contributed by atoms with Crippen molar-refractivity contribution in [2.24, 2.45) is 5.92 Å². The van der Waals surface area contributed by atoms with E-state index in [0.717, 1.165) is 19.3 Å². The number of halogens is 1. The number of hydrogen-bond acceptors (Lipinski definition) is 2. The van der Waals surface area contributed by atoms with Crippen LogP contribution in [0.15, 0.2) is 18.3 Å². The van der Waals surface area contributed by atoms with Gasteiger partial charge in [0.2, 0.25) is 5.95 Å². The molecule has 0 spiro atoms. The molecule has 98 valence electrons. The maximum absolute atomic E-state index is 13.0. The molecule has 3 nitrogen and oxygen atoms in total. The Morgan fingerprint density at radius 3 is 3.00 bits per heavy atom. The van der Waals surface area contributed by atoms with Crippen molar-refractivity contribution in [2.75, 3.05) is 0 Å². The van der Waals surface area contributed by atoms with Crippen LogP contribution in [-0.2, 0) is 0 Å². The Bertz CT molecular complexity index is 422. The summed E-state index contributed by atoms with van der Waals surface area (Å²) in [5, 5.41) is 3.03. The van der Waals surface area contributed by atoms with Gasteiger partial charge >= 0.3 is 0 Å². The summed E-state index contributed by atoms with van der Waals surface area (Å²) in [5.41, 5.74) is 0.350. The maximum atomic E-state index is 13.0. The van der Waals surface area contributed by atoms with Crippen LogP contribution in [0.25, 0.3) is 0 Å². The third-order valence-electron chi connectivity index (χ3n) is 3.74. The Hall–Kier alpha value is -1.45. The second kappa shape index (κ2) is 5.94. The lowest BCUT2D eigenvalue weighted by Crippen LogP contribution is -2.41. The second-order valence-corrected chi connectivity index (χ2v) is 4.90. The fraction of sp³-hybridized carbons (Fsp3) is 0.571. The zero-order chi connectivity index (χ0) is 13.0. The molecule has 0 unspecified atom stereocenters. The van der Waals surface area contributed by atoms with Crippen LogP contribution < -0.4 is 5.32 Å². The van der Waals surface area contributed by atoms with Crippen LogP contribution in [0.4, 0.5) is 4.39 Å². The molecule has 2 atom stereocenters. The Balaban J connectivity index is 2.02. The Kier molecular flexibility index (Phi) is 4.28. The summed E-state index contributed by atoms with van der Waals surface area (Å²) in [4.78, 5) is 15.5. The number of rotatable bonds is 3. The lowest BCUT2D eigenvalue weighted by atomic mass is 9.83. The van der Waals surface area contributed by atoms with Crippen LogP contribution in [0.3, 0.4) is 0 Å². The summed E-state index contributed by atoms with van der Waals surface area (Å²) in [5.74, 6) is -0.255. The number of amides is 1. The highest BCUT2D eigenvalue weighted by Gasteiger charge is 2.25. The molecule has 1 amide bonds. The van der Waals surface area contributed by atoms with Crippen molar-refractivity contribution in [3.8, 4) is 0 Å². The van der Waals surface area contributed by atoms with Crippen molar-refractivity contribution in [3.63, 3.8) is 0 Å². The summed E-state index contributed by atoms with van der Waals surface area (Å²) in [6.07, 6.45) is 7.00. The number of nitrogens with one attached hydrogen (secondary N) is 1. The van der Waals surface area contributed by atoms with Crippen LogP contribution in [0.1, 0.15) is 49.4 Å². The van der Waals surface area contributed by atoms with Gasteiger partial charge in [-0.2, -0.15) is 4.39 Å². The predicted molar refractivity (Wildman–Crippen MR) is 67.7 cm³/mol. The Morgan fingerprint density at radius 1 is 1.50 bits per heavy atom. The van der Waals surface area contributed by atoms with E-state index in [2.05, 4.69) is 17.2 Å². The third-order valence-corrected chi connectivity index (χ3v) is 3.74. The average molecular weight is 250 g/mol. The molecule has 1 aliphatic carbocycles. The van der Waals surface area contributed by atoms with E-state index >= 15 is 0 Å². The normalized spacial score (nSPS) is 23.7. The summed E-state index contributed by atoms with van der Waals surface area (Å²) in [6.45, 7) is 2.15. The van der Waals surface area contributed by atoms with E-state index in [1.165, 1.54) is 25.1 Å². The van der Waals surface area contributed by atoms with Crippen molar-refractivity contribution in [1.29, 1.82) is 0 Å². The molecule has 1 aromatic rings. The summed E-state index contributed by atoms with van der Waals surface area (Å²) in [7, 11) is 0. The summed E-state index contributed by atoms with van der Waals surface area (Å²) in [6, 6.07) is 2.95. The van der Waals surface area contributed by atoms with Crippen molar-refractivity contribution < 1.29 is 9.18 Å². The quantitative estimate of drug-likeness (QED) is 0.838. The summed E-state index contributed by atoms with van der Waals surface area (Å²) < 4.78 is 13.0. The van der Waals surface area contributed by atoms with Gasteiger partial charge in [0, 0.05) is 23.9 Å². The smallest absolute Gasteiger partial charge is 0.251 e. The van der Waals surface area contributed by atoms with Gasteiger partial charge in [0.15, 0.2) is 0 Å². The number of carbonyl (C=O) groups excluding carboxylic acids is 1. The van der Waals surface area contributed by atoms with Gasteiger partial charge in [-0.05, 0) is 24.8 Å². The highest BCUT2D eigenvalue weighted by molar-refractivity contribution is 5.94. The van der Waals surface area contributed by atoms with Crippen LogP contribution in [0, 0.1) is 11.9 Å². The van der Waals surface area contributed by atoms with Gasteiger partial charge in [0.1, 0.15) is 0 Å². The van der Waals surface area contributed by atoms with Crippen LogP contribution in [0.2, 0.25) is 0 Å². The lowest BCUT2D eigenvalue weighted by Gasteiger charge is -2.31. The number of aromatic nitrogens is 1. The first-order chi connectivity index (χ1) is 8.70. The zero-order valence-corrected chi connectivity index (χ0v) is 10.7. The fourth-order valence-electron chi connectivity index (χ4n) is 2.68. The monoisotopic (exact) mass is 250 g/mol. The van der Waals surface area contributed by atoms with E-state index in [-0.39, 0.29) is 11.9 Å². The first-order valence-corrected chi connectivity index (χ1v) is 6.63. The molecule has 0 bridgehead atoms. The Morgan fingerprint density at radius 2 is 2.28 bits per heavy atom. The molecular formula is C14H19FN2O. The van der Waals surface area contributed by atoms with Gasteiger partial charge in [0.05, 0.1) is 0 Å². The molecule has 1 aliphatic rings. The molecule has 1 saturated carbocycles. The van der Waals surface area contributed by atoms with Gasteiger partial charge in [-0.3, -0.25) is 4.79 Å². The average Bonchev–Trinajstić information content (AvgIpc) is 2.39. The van der Waals surface area contributed by atoms with Gasteiger partial charge in [-0.1, -0.05) is 26.2 Å². The molecular weight excluding hydrogens is 231 g/mol. The molecule has 0 radical (unpaired) electrons. The molecule has 1 N–H and O–H groups in total. The fourth-order valence-corrected chi connectivity index (χ4v) is 2.68. The third kappa shape index (κ3) is 3.06. The molecule has 0 aliphatic heterocycles. The van der Waals surface area contributed by atoms with Gasteiger partial charge in [0.25, 0.3) is 5.91 Å². The minimum Gasteiger partial charge on any atom is -0.349 e. The molecule has 4 heteroatoms. The Labute approximate surface area is 107 Å². The maximum Gasteiger partial charge on any atom is 0.251 e. The summed E-state index contributed by atoms with van der Waals surface area (Å²) >= 11 is 0. The van der Waals surface area contributed by atoms with Gasteiger partial charge < -0.3 is 5.32 Å². The largest absolute Gasteiger partial charge is 0.349 e. The van der Waals surface area contributed by atoms with E-state index in [1.807, 2.05) is 0 Å². The van der Waals surface area contributed by atoms with Crippen molar-refractivity contribution in [3.05, 3.63) is 29.8 Å². The topological polar surface area (TPSA) is 42.0 Å². The second-order valence-electron chi connectivity index (χ2n) is 4.90. The molecule has 1 aromatic heterocycles. The minimum absolute atomic E-state index is 0.193. The van der Waals surface area contributed by atoms with E-state index in [4.69, 9.17) is 0 Å². The zero-order valence-electron chi connectivity index (χ0n) is 10.7. The van der Waals surface area contributed by atoms with Crippen LogP contribution >= 0.6 is 0 Å². The molecule has 2 rings (SSSR count). The standard InChI is InChI=1S/C14H19FN2O/c1-2-10-5-3-4-6-12(10)17-14(18)11-7-8-16-13(15)9-11/h7-10,12H,2-6H2,1H3,(H,17,18)/t10-,12-/m0/s1. The highest BCUT2D eigenvalue weighted by atomic mass is 19.1. The highest BCUT2D eigenvalue weighted by Crippen LogP contribution is 2.26. The molecule has 0 aromatic carbocycles. The first-order valence-electron chi connectivity index (χ1n) is 6.63. The lowest BCUT2D eigenvalue weighted by molar-refractivity contribution is 0.0904. The van der Waals surface area contributed by atoms with Crippen molar-refractivity contribution in [1.82, 2.24) is 10.3 Å². The van der Waals surface area contributed by atoms with Crippen LogP contribution in [-0.4, -0.2) is 16.9 Å². The first kappa shape index (κ1) is 13.0. The SMILES string of the molecule is CC[C@H]1CCCC[C@@H]1NC(=O)c1ccnc(F)c1. The number of hydrogen-bond donors (Lipinski definition) is 1. The molecule has 18 heavy (non-hydrogen) atoms.